The molecule has 0 aliphatic heterocycles. The van der Waals surface area contributed by atoms with Gasteiger partial charge in [0.05, 0.1) is 6.61 Å². The Hall–Kier alpha value is -3.46. The van der Waals surface area contributed by atoms with Gasteiger partial charge in [-0.25, -0.2) is 4.79 Å². The molecule has 0 fully saturated rings. The molecule has 0 aliphatic rings. The van der Waals surface area contributed by atoms with Gasteiger partial charge in [0.1, 0.15) is 17.4 Å². The molecule has 0 atom stereocenters. The number of hydrogen-bond acceptors (Lipinski definition) is 4. The van der Waals surface area contributed by atoms with E-state index in [4.69, 9.17) is 4.74 Å². The molecule has 0 spiro atoms. The number of hydrogen-bond donors (Lipinski definition) is 0. The number of ether oxygens (including phenoxy) is 2. The van der Waals surface area contributed by atoms with E-state index in [0.717, 1.165) is 0 Å². The van der Waals surface area contributed by atoms with Gasteiger partial charge in [0.15, 0.2) is 0 Å². The number of allylic oxidation sites excluding steroid dienone is 2. The van der Waals surface area contributed by atoms with Crippen molar-refractivity contribution in [3.63, 3.8) is 0 Å². The highest BCUT2D eigenvalue weighted by molar-refractivity contribution is 6.04. The molecule has 0 heterocycles. The lowest BCUT2D eigenvalue weighted by Gasteiger charge is -2.07. The highest BCUT2D eigenvalue weighted by Gasteiger charge is 2.16. The number of alkyl halides is 2. The van der Waals surface area contributed by atoms with Gasteiger partial charge in [-0.2, -0.15) is 14.0 Å². The molecular weight excluding hydrogens is 352 g/mol. The lowest BCUT2D eigenvalue weighted by molar-refractivity contribution is -0.137. The summed E-state index contributed by atoms with van der Waals surface area (Å²) >= 11 is 0. The van der Waals surface area contributed by atoms with Crippen molar-refractivity contribution >= 4 is 17.6 Å². The van der Waals surface area contributed by atoms with Crippen molar-refractivity contribution in [2.24, 2.45) is 0 Å². The van der Waals surface area contributed by atoms with Crippen molar-refractivity contribution < 1.29 is 23.0 Å². The van der Waals surface area contributed by atoms with Gasteiger partial charge in [0.25, 0.3) is 0 Å². The molecule has 0 aliphatic carbocycles. The van der Waals surface area contributed by atoms with Gasteiger partial charge in [0.2, 0.25) is 0 Å². The fraction of sp³-hybridized carbons (Fsp3) is 0.143. The smallest absolute Gasteiger partial charge is 0.387 e. The van der Waals surface area contributed by atoms with Crippen LogP contribution >= 0.6 is 0 Å². The maximum atomic E-state index is 12.2. The zero-order valence-corrected chi connectivity index (χ0v) is 14.6. The molecule has 6 heteroatoms. The number of nitriles is 1. The van der Waals surface area contributed by atoms with Crippen molar-refractivity contribution in [2.75, 3.05) is 6.61 Å². The molecule has 0 saturated heterocycles. The maximum absolute atomic E-state index is 12.2. The molecule has 138 valence electrons. The SMILES string of the molecule is CCOC(=O)C(C#N)=C(C=Cc1ccc(OC(F)F)cc1)c1ccccc1. The first-order valence-corrected chi connectivity index (χ1v) is 8.15. The Morgan fingerprint density at radius 2 is 1.81 bits per heavy atom. The second-order valence-electron chi connectivity index (χ2n) is 5.27. The molecule has 0 aromatic heterocycles. The minimum atomic E-state index is -2.89. The molecule has 0 bridgehead atoms. The minimum absolute atomic E-state index is 0.0465. The van der Waals surface area contributed by atoms with E-state index in [0.29, 0.717) is 16.7 Å². The predicted molar refractivity (Wildman–Crippen MR) is 97.7 cm³/mol. The van der Waals surface area contributed by atoms with Crippen molar-refractivity contribution in [1.29, 1.82) is 5.26 Å². The van der Waals surface area contributed by atoms with E-state index in [1.54, 1.807) is 55.5 Å². The number of carbonyl (C=O) groups excluding carboxylic acids is 1. The first-order chi connectivity index (χ1) is 13.0. The van der Waals surface area contributed by atoms with Crippen LogP contribution in [0.5, 0.6) is 5.75 Å². The predicted octanol–water partition coefficient (Wildman–Crippen LogP) is 4.84. The fourth-order valence-corrected chi connectivity index (χ4v) is 2.30. The molecular formula is C21H17F2NO3. The maximum Gasteiger partial charge on any atom is 0.387 e. The third kappa shape index (κ3) is 5.79. The molecule has 2 aromatic rings. The zero-order valence-electron chi connectivity index (χ0n) is 14.6. The Kier molecular flexibility index (Phi) is 7.26. The van der Waals surface area contributed by atoms with Crippen LogP contribution in [0, 0.1) is 11.3 Å². The summed E-state index contributed by atoms with van der Waals surface area (Å²) in [5.41, 5.74) is 1.66. The van der Waals surface area contributed by atoms with E-state index in [-0.39, 0.29) is 17.9 Å². The minimum Gasteiger partial charge on any atom is -0.462 e. The first-order valence-electron chi connectivity index (χ1n) is 8.15. The van der Waals surface area contributed by atoms with Gasteiger partial charge in [0, 0.05) is 5.57 Å². The summed E-state index contributed by atoms with van der Waals surface area (Å²) in [6, 6.07) is 16.9. The van der Waals surface area contributed by atoms with E-state index in [1.807, 2.05) is 12.1 Å². The van der Waals surface area contributed by atoms with Gasteiger partial charge < -0.3 is 9.47 Å². The summed E-state index contributed by atoms with van der Waals surface area (Å²) in [7, 11) is 0. The topological polar surface area (TPSA) is 59.3 Å². The number of benzene rings is 2. The summed E-state index contributed by atoms with van der Waals surface area (Å²) in [5.74, 6) is -0.658. The summed E-state index contributed by atoms with van der Waals surface area (Å²) < 4.78 is 33.7. The normalized spacial score (nSPS) is 11.8. The second kappa shape index (κ2) is 9.88. The van der Waals surface area contributed by atoms with Gasteiger partial charge in [-0.15, -0.1) is 0 Å². The average molecular weight is 369 g/mol. The Morgan fingerprint density at radius 1 is 1.15 bits per heavy atom. The van der Waals surface area contributed by atoms with Gasteiger partial charge in [-0.3, -0.25) is 0 Å². The quantitative estimate of drug-likeness (QED) is 0.303. The fourth-order valence-electron chi connectivity index (χ4n) is 2.30. The second-order valence-corrected chi connectivity index (χ2v) is 5.27. The number of rotatable bonds is 7. The lowest BCUT2D eigenvalue weighted by Crippen LogP contribution is -2.08. The molecule has 27 heavy (non-hydrogen) atoms. The van der Waals surface area contributed by atoms with Crippen LogP contribution in [0.1, 0.15) is 18.1 Å². The molecule has 2 rings (SSSR count). The van der Waals surface area contributed by atoms with Crippen LogP contribution in [-0.4, -0.2) is 19.2 Å². The molecule has 4 nitrogen and oxygen atoms in total. The number of halogens is 2. The molecule has 2 aromatic carbocycles. The first kappa shape index (κ1) is 19.9. The van der Waals surface area contributed by atoms with E-state index >= 15 is 0 Å². The van der Waals surface area contributed by atoms with E-state index in [1.165, 1.54) is 12.1 Å². The summed E-state index contributed by atoms with van der Waals surface area (Å²) in [5, 5.41) is 9.44. The van der Waals surface area contributed by atoms with Gasteiger partial charge >= 0.3 is 12.6 Å². The van der Waals surface area contributed by atoms with Crippen LogP contribution < -0.4 is 4.74 Å². The van der Waals surface area contributed by atoms with Crippen LogP contribution in [0.3, 0.4) is 0 Å². The molecule has 0 radical (unpaired) electrons. The number of esters is 1. The number of carbonyl (C=O) groups is 1. The third-order valence-corrected chi connectivity index (χ3v) is 3.49. The van der Waals surface area contributed by atoms with Gasteiger partial charge in [-0.1, -0.05) is 54.6 Å². The van der Waals surface area contributed by atoms with Crippen LogP contribution in [-0.2, 0) is 9.53 Å². The van der Waals surface area contributed by atoms with Crippen LogP contribution in [0.15, 0.2) is 66.2 Å². The summed E-state index contributed by atoms with van der Waals surface area (Å²) in [6.45, 7) is -1.07. The van der Waals surface area contributed by atoms with Crippen LogP contribution in [0.4, 0.5) is 8.78 Å². The Balaban J connectivity index is 2.39. The number of nitrogens with zero attached hydrogens (tertiary/aromatic N) is 1. The van der Waals surface area contributed by atoms with Crippen molar-refractivity contribution in [3.05, 3.63) is 77.4 Å². The van der Waals surface area contributed by atoms with Crippen molar-refractivity contribution in [3.8, 4) is 11.8 Å². The monoisotopic (exact) mass is 369 g/mol. The van der Waals surface area contributed by atoms with Crippen LogP contribution in [0.2, 0.25) is 0 Å². The van der Waals surface area contributed by atoms with E-state index in [9.17, 15) is 18.8 Å². The van der Waals surface area contributed by atoms with E-state index < -0.39 is 12.6 Å². The third-order valence-electron chi connectivity index (χ3n) is 3.49. The summed E-state index contributed by atoms with van der Waals surface area (Å²) in [6.07, 6.45) is 3.29. The van der Waals surface area contributed by atoms with Crippen molar-refractivity contribution in [1.82, 2.24) is 0 Å². The lowest BCUT2D eigenvalue weighted by atomic mass is 9.99. The van der Waals surface area contributed by atoms with Gasteiger partial charge in [-0.05, 0) is 30.2 Å². The standard InChI is InChI=1S/C21H17F2NO3/c1-2-26-20(25)19(14-24)18(16-6-4-3-5-7-16)13-10-15-8-11-17(12-9-15)27-21(22)23/h3-13,21H,2H2,1H3. The molecule has 0 unspecified atom stereocenters. The highest BCUT2D eigenvalue weighted by Crippen LogP contribution is 2.23. The Labute approximate surface area is 156 Å². The highest BCUT2D eigenvalue weighted by atomic mass is 19.3. The van der Waals surface area contributed by atoms with Crippen molar-refractivity contribution in [2.45, 2.75) is 13.5 Å². The average Bonchev–Trinajstić information content (AvgIpc) is 2.66. The Bertz CT molecular complexity index is 867. The zero-order chi connectivity index (χ0) is 19.6. The molecule has 0 saturated carbocycles. The largest absolute Gasteiger partial charge is 0.462 e. The summed E-state index contributed by atoms with van der Waals surface area (Å²) in [4.78, 5) is 12.1. The van der Waals surface area contributed by atoms with E-state index in [2.05, 4.69) is 4.74 Å². The molecule has 0 N–H and O–H groups in total. The Morgan fingerprint density at radius 3 is 2.37 bits per heavy atom. The van der Waals surface area contributed by atoms with Crippen LogP contribution in [0.25, 0.3) is 11.6 Å². The molecule has 0 amide bonds.